The van der Waals surface area contributed by atoms with E-state index in [-0.39, 0.29) is 29.4 Å². The molecule has 0 saturated carbocycles. The molecule has 0 aliphatic carbocycles. The molecule has 1 fully saturated rings. The maximum Gasteiger partial charge on any atom is 0.308 e. The monoisotopic (exact) mass is 410 g/mol. The van der Waals surface area contributed by atoms with Crippen molar-refractivity contribution in [2.75, 3.05) is 11.4 Å². The van der Waals surface area contributed by atoms with Gasteiger partial charge in [-0.25, -0.2) is 0 Å². The third kappa shape index (κ3) is 2.70. The zero-order valence-corrected chi connectivity index (χ0v) is 12.8. The predicted octanol–water partition coefficient (Wildman–Crippen LogP) is 2.29. The molecule has 0 radical (unpaired) electrons. The van der Waals surface area contributed by atoms with Crippen LogP contribution in [-0.4, -0.2) is 28.5 Å². The van der Waals surface area contributed by atoms with Crippen LogP contribution >= 0.6 is 34.2 Å². The minimum atomic E-state index is -1.10. The van der Waals surface area contributed by atoms with Crippen molar-refractivity contribution >= 4 is 57.4 Å². The second kappa shape index (κ2) is 5.52. The summed E-state index contributed by atoms with van der Waals surface area (Å²) in [6.45, 7) is -0.0913. The molecule has 1 saturated heterocycles. The second-order valence-corrected chi connectivity index (χ2v) is 5.83. The highest BCUT2D eigenvalue weighted by Gasteiger charge is 2.38. The Balaban J connectivity index is 2.47. The highest BCUT2D eigenvalue weighted by atomic mass is 127. The van der Waals surface area contributed by atoms with E-state index < -0.39 is 22.7 Å². The van der Waals surface area contributed by atoms with Gasteiger partial charge in [0.1, 0.15) is 5.69 Å². The van der Waals surface area contributed by atoms with Gasteiger partial charge in [-0.2, -0.15) is 0 Å². The Hall–Kier alpha value is -1.42. The summed E-state index contributed by atoms with van der Waals surface area (Å²) in [5, 5.41) is 20.3. The molecule has 1 amide bonds. The number of nitrogens with zero attached hydrogens (tertiary/aromatic N) is 2. The molecule has 1 unspecified atom stereocenters. The first-order chi connectivity index (χ1) is 9.31. The number of benzene rings is 1. The van der Waals surface area contributed by atoms with Gasteiger partial charge < -0.3 is 10.0 Å². The van der Waals surface area contributed by atoms with Crippen LogP contribution in [0, 0.1) is 19.6 Å². The number of carbonyl (C=O) groups excluding carboxylic acids is 1. The molecule has 0 spiro atoms. The average Bonchev–Trinajstić information content (AvgIpc) is 2.74. The Morgan fingerprint density at radius 3 is 2.70 bits per heavy atom. The van der Waals surface area contributed by atoms with Crippen LogP contribution < -0.4 is 4.90 Å². The largest absolute Gasteiger partial charge is 0.481 e. The summed E-state index contributed by atoms with van der Waals surface area (Å²) in [5.41, 5.74) is -0.229. The molecule has 106 valence electrons. The molecule has 1 aromatic carbocycles. The number of hydrogen-bond donors (Lipinski definition) is 1. The molecule has 1 aliphatic heterocycles. The van der Waals surface area contributed by atoms with Crippen molar-refractivity contribution in [1.29, 1.82) is 0 Å². The molecular formula is C11H8ClIN2O5. The highest BCUT2D eigenvalue weighted by molar-refractivity contribution is 14.1. The third-order valence-corrected chi connectivity index (χ3v) is 4.50. The van der Waals surface area contributed by atoms with Crippen molar-refractivity contribution < 1.29 is 19.6 Å². The lowest BCUT2D eigenvalue weighted by molar-refractivity contribution is -0.384. The van der Waals surface area contributed by atoms with Gasteiger partial charge in [-0.05, 0) is 28.7 Å². The molecule has 1 aliphatic rings. The fourth-order valence-electron chi connectivity index (χ4n) is 1.99. The number of hydrogen-bond acceptors (Lipinski definition) is 4. The van der Waals surface area contributed by atoms with Crippen LogP contribution in [0.1, 0.15) is 6.42 Å². The molecule has 20 heavy (non-hydrogen) atoms. The summed E-state index contributed by atoms with van der Waals surface area (Å²) in [6, 6.07) is 2.59. The van der Waals surface area contributed by atoms with Crippen molar-refractivity contribution in [3.8, 4) is 0 Å². The number of aliphatic carboxylic acids is 1. The molecule has 0 aromatic heterocycles. The maximum atomic E-state index is 11.9. The number of carbonyl (C=O) groups is 2. The number of nitro groups is 1. The summed E-state index contributed by atoms with van der Waals surface area (Å²) < 4.78 is 0.487. The van der Waals surface area contributed by atoms with Gasteiger partial charge in [-0.3, -0.25) is 19.7 Å². The summed E-state index contributed by atoms with van der Waals surface area (Å²) in [7, 11) is 0. The Kier molecular flexibility index (Phi) is 4.14. The zero-order chi connectivity index (χ0) is 15.0. The van der Waals surface area contributed by atoms with Gasteiger partial charge in [0.05, 0.1) is 15.9 Å². The Morgan fingerprint density at radius 2 is 2.20 bits per heavy atom. The SMILES string of the molecule is O=C(O)C1CC(=O)N(c2cc(Cl)c(I)cc2[N+](=O)[O-])C1. The smallest absolute Gasteiger partial charge is 0.308 e. The minimum Gasteiger partial charge on any atom is -0.481 e. The van der Waals surface area contributed by atoms with Crippen LogP contribution in [0.2, 0.25) is 5.02 Å². The topological polar surface area (TPSA) is 101 Å². The summed E-state index contributed by atoms with van der Waals surface area (Å²) >= 11 is 7.78. The normalized spacial score (nSPS) is 18.4. The Morgan fingerprint density at radius 1 is 1.55 bits per heavy atom. The number of carboxylic acid groups (broad SMARTS) is 1. The lowest BCUT2D eigenvalue weighted by Crippen LogP contribution is -2.26. The van der Waals surface area contributed by atoms with E-state index in [4.69, 9.17) is 16.7 Å². The highest BCUT2D eigenvalue weighted by Crippen LogP contribution is 2.37. The predicted molar refractivity (Wildman–Crippen MR) is 78.9 cm³/mol. The van der Waals surface area contributed by atoms with E-state index in [1.54, 1.807) is 0 Å². The van der Waals surface area contributed by atoms with E-state index in [2.05, 4.69) is 0 Å². The van der Waals surface area contributed by atoms with E-state index in [9.17, 15) is 19.7 Å². The minimum absolute atomic E-state index is 0.0363. The van der Waals surface area contributed by atoms with Gasteiger partial charge in [0.2, 0.25) is 5.91 Å². The number of nitro benzene ring substituents is 1. The van der Waals surface area contributed by atoms with Crippen molar-refractivity contribution in [1.82, 2.24) is 0 Å². The van der Waals surface area contributed by atoms with Gasteiger partial charge in [0.15, 0.2) is 0 Å². The number of rotatable bonds is 3. The summed E-state index contributed by atoms with van der Waals surface area (Å²) in [5.74, 6) is -2.42. The molecule has 1 N–H and O–H groups in total. The van der Waals surface area contributed by atoms with Crippen LogP contribution in [0.4, 0.5) is 11.4 Å². The maximum absolute atomic E-state index is 11.9. The fourth-order valence-corrected chi connectivity index (χ4v) is 2.60. The first-order valence-corrected chi connectivity index (χ1v) is 6.93. The molecule has 1 atom stereocenters. The van der Waals surface area contributed by atoms with E-state index >= 15 is 0 Å². The Labute approximate surface area is 131 Å². The molecule has 7 nitrogen and oxygen atoms in total. The van der Waals surface area contributed by atoms with Crippen molar-refractivity contribution in [3.63, 3.8) is 0 Å². The van der Waals surface area contributed by atoms with E-state index in [0.29, 0.717) is 3.57 Å². The second-order valence-electron chi connectivity index (χ2n) is 4.26. The van der Waals surface area contributed by atoms with Crippen molar-refractivity contribution in [2.45, 2.75) is 6.42 Å². The quantitative estimate of drug-likeness (QED) is 0.468. The van der Waals surface area contributed by atoms with Gasteiger partial charge in [-0.15, -0.1) is 0 Å². The van der Waals surface area contributed by atoms with Crippen molar-refractivity contribution in [2.24, 2.45) is 5.92 Å². The van der Waals surface area contributed by atoms with Crippen LogP contribution in [0.15, 0.2) is 12.1 Å². The number of anilines is 1. The number of halogens is 2. The number of amides is 1. The van der Waals surface area contributed by atoms with Crippen LogP contribution in [0.25, 0.3) is 0 Å². The summed E-state index contributed by atoms with van der Waals surface area (Å²) in [6.07, 6.45) is -0.171. The van der Waals surface area contributed by atoms with Crippen LogP contribution in [0.3, 0.4) is 0 Å². The molecular weight excluding hydrogens is 402 g/mol. The van der Waals surface area contributed by atoms with E-state index in [1.165, 1.54) is 12.1 Å². The zero-order valence-electron chi connectivity index (χ0n) is 9.88. The molecule has 1 heterocycles. The molecule has 0 bridgehead atoms. The Bertz CT molecular complexity index is 621. The van der Waals surface area contributed by atoms with Gasteiger partial charge >= 0.3 is 5.97 Å². The summed E-state index contributed by atoms with van der Waals surface area (Å²) in [4.78, 5) is 34.3. The molecule has 2 rings (SSSR count). The third-order valence-electron chi connectivity index (χ3n) is 2.98. The standard InChI is InChI=1S/C11H8ClIN2O5/c12-6-2-8(9(15(19)20)3-7(6)13)14-4-5(11(17)18)1-10(14)16/h2-3,5H,1,4H2,(H,17,18). The first kappa shape index (κ1) is 15.0. The lowest BCUT2D eigenvalue weighted by Gasteiger charge is -2.16. The molecule has 9 heteroatoms. The first-order valence-electron chi connectivity index (χ1n) is 5.48. The van der Waals surface area contributed by atoms with Gasteiger partial charge in [0.25, 0.3) is 5.69 Å². The average molecular weight is 411 g/mol. The lowest BCUT2D eigenvalue weighted by atomic mass is 10.1. The van der Waals surface area contributed by atoms with E-state index in [1.807, 2.05) is 22.6 Å². The van der Waals surface area contributed by atoms with Crippen molar-refractivity contribution in [3.05, 3.63) is 30.8 Å². The van der Waals surface area contributed by atoms with Crippen LogP contribution in [-0.2, 0) is 9.59 Å². The van der Waals surface area contributed by atoms with Gasteiger partial charge in [0, 0.05) is 22.6 Å². The molecule has 1 aromatic rings. The van der Waals surface area contributed by atoms with E-state index in [0.717, 1.165) is 4.90 Å². The fraction of sp³-hybridized carbons (Fsp3) is 0.273. The van der Waals surface area contributed by atoms with Gasteiger partial charge in [-0.1, -0.05) is 11.6 Å². The number of carboxylic acids is 1. The van der Waals surface area contributed by atoms with Crippen LogP contribution in [0.5, 0.6) is 0 Å².